The van der Waals surface area contributed by atoms with Gasteiger partial charge in [0.2, 0.25) is 0 Å². The third-order valence-corrected chi connectivity index (χ3v) is 5.89. The maximum atomic E-state index is 5.50. The number of aryl methyl sites for hydroxylation is 2. The minimum absolute atomic E-state index is 0.601. The molecule has 0 aliphatic heterocycles. The van der Waals surface area contributed by atoms with Crippen LogP contribution >= 0.6 is 11.3 Å². The number of aromatic nitrogens is 2. The first-order chi connectivity index (χ1) is 14.7. The van der Waals surface area contributed by atoms with Crippen LogP contribution in [0, 0.1) is 0 Å². The van der Waals surface area contributed by atoms with Gasteiger partial charge in [0, 0.05) is 47.4 Å². The lowest BCUT2D eigenvalue weighted by molar-refractivity contribution is 0.398. The minimum atomic E-state index is 0.601. The number of guanidine groups is 1. The number of aromatic amines is 1. The Kier molecular flexibility index (Phi) is 7.96. The summed E-state index contributed by atoms with van der Waals surface area (Å²) in [6.45, 7) is 6.48. The molecule has 0 atom stereocenters. The summed E-state index contributed by atoms with van der Waals surface area (Å²) in [5.74, 6) is 2.43. The largest absolute Gasteiger partial charge is 0.497 e. The lowest BCUT2D eigenvalue weighted by Gasteiger charge is -2.10. The normalized spacial score (nSPS) is 11.7. The van der Waals surface area contributed by atoms with Crippen molar-refractivity contribution in [3.05, 3.63) is 40.0 Å². The Morgan fingerprint density at radius 2 is 2.03 bits per heavy atom. The van der Waals surface area contributed by atoms with Crippen molar-refractivity contribution in [3.8, 4) is 11.5 Å². The van der Waals surface area contributed by atoms with E-state index in [1.54, 1.807) is 25.6 Å². The third-order valence-electron chi connectivity index (χ3n) is 4.77. The number of hydrogen-bond donors (Lipinski definition) is 3. The van der Waals surface area contributed by atoms with Gasteiger partial charge in [0.1, 0.15) is 16.5 Å². The molecule has 162 valence electrons. The minimum Gasteiger partial charge on any atom is -0.497 e. The highest BCUT2D eigenvalue weighted by molar-refractivity contribution is 7.11. The van der Waals surface area contributed by atoms with Crippen molar-refractivity contribution in [3.63, 3.8) is 0 Å². The summed E-state index contributed by atoms with van der Waals surface area (Å²) in [4.78, 5) is 13.9. The number of rotatable bonds is 10. The maximum Gasteiger partial charge on any atom is 0.191 e. The lowest BCUT2D eigenvalue weighted by Crippen LogP contribution is -2.37. The first-order valence-corrected chi connectivity index (χ1v) is 11.2. The summed E-state index contributed by atoms with van der Waals surface area (Å²) in [5, 5.41) is 8.84. The topological polar surface area (TPSA) is 83.6 Å². The second-order valence-electron chi connectivity index (χ2n) is 6.88. The first-order valence-electron chi connectivity index (χ1n) is 10.4. The molecule has 0 saturated carbocycles. The molecule has 0 unspecified atom stereocenters. The molecule has 2 heterocycles. The summed E-state index contributed by atoms with van der Waals surface area (Å²) < 4.78 is 10.8. The van der Waals surface area contributed by atoms with Crippen LogP contribution in [0.5, 0.6) is 11.5 Å². The second kappa shape index (κ2) is 10.9. The zero-order chi connectivity index (χ0) is 21.3. The molecule has 0 saturated heterocycles. The smallest absolute Gasteiger partial charge is 0.191 e. The van der Waals surface area contributed by atoms with E-state index in [1.807, 2.05) is 18.3 Å². The van der Waals surface area contributed by atoms with Crippen LogP contribution < -0.4 is 20.1 Å². The average molecular weight is 430 g/mol. The zero-order valence-corrected chi connectivity index (χ0v) is 19.0. The number of nitrogens with zero attached hydrogens (tertiary/aromatic N) is 2. The van der Waals surface area contributed by atoms with Crippen LogP contribution in [0.15, 0.2) is 29.4 Å². The molecule has 3 N–H and O–H groups in total. The van der Waals surface area contributed by atoms with Gasteiger partial charge in [-0.25, -0.2) is 9.98 Å². The van der Waals surface area contributed by atoms with Crippen LogP contribution in [-0.4, -0.2) is 43.2 Å². The molecule has 0 aliphatic rings. The lowest BCUT2D eigenvalue weighted by atomic mass is 10.2. The molecule has 0 radical (unpaired) electrons. The van der Waals surface area contributed by atoms with E-state index in [0.29, 0.717) is 6.54 Å². The van der Waals surface area contributed by atoms with E-state index in [2.05, 4.69) is 45.5 Å². The Labute approximate surface area is 181 Å². The molecular formula is C22H31N5O2S. The zero-order valence-electron chi connectivity index (χ0n) is 18.2. The molecule has 7 nitrogen and oxygen atoms in total. The molecule has 0 fully saturated rings. The van der Waals surface area contributed by atoms with Crippen LogP contribution in [0.2, 0.25) is 0 Å². The molecule has 0 amide bonds. The third kappa shape index (κ3) is 5.66. The predicted octanol–water partition coefficient (Wildman–Crippen LogP) is 3.89. The average Bonchev–Trinajstić information content (AvgIpc) is 3.40. The number of benzene rings is 1. The van der Waals surface area contributed by atoms with Crippen molar-refractivity contribution in [2.45, 2.75) is 39.7 Å². The number of ether oxygens (including phenoxy) is 2. The number of hydrogen-bond acceptors (Lipinski definition) is 5. The Morgan fingerprint density at radius 3 is 2.73 bits per heavy atom. The molecule has 2 aromatic heterocycles. The molecule has 8 heteroatoms. The highest BCUT2D eigenvalue weighted by Crippen LogP contribution is 2.31. The molecule has 30 heavy (non-hydrogen) atoms. The molecule has 3 aromatic rings. The van der Waals surface area contributed by atoms with Crippen LogP contribution in [-0.2, 0) is 19.4 Å². The maximum absolute atomic E-state index is 5.50. The van der Waals surface area contributed by atoms with E-state index < -0.39 is 0 Å². The van der Waals surface area contributed by atoms with Crippen molar-refractivity contribution in [1.29, 1.82) is 0 Å². The summed E-state index contributed by atoms with van der Waals surface area (Å²) in [6, 6.07) is 6.06. The molecule has 0 spiro atoms. The fourth-order valence-electron chi connectivity index (χ4n) is 3.22. The Balaban J connectivity index is 1.54. The van der Waals surface area contributed by atoms with Crippen molar-refractivity contribution >= 4 is 28.2 Å². The van der Waals surface area contributed by atoms with E-state index >= 15 is 0 Å². The Hall–Kier alpha value is -2.74. The standard InChI is InChI=1S/C22H31N5O2S/c1-5-17-13-25-21(30-17)14-26-22(23-6-2)24-9-7-8-15-10-18-19(27-15)11-16(28-3)12-20(18)29-4/h10-13,27H,5-9,14H2,1-4H3,(H2,23,24,26). The fraction of sp³-hybridized carbons (Fsp3) is 0.455. The van der Waals surface area contributed by atoms with Gasteiger partial charge in [-0.05, 0) is 32.3 Å². The van der Waals surface area contributed by atoms with Gasteiger partial charge in [0.15, 0.2) is 5.96 Å². The summed E-state index contributed by atoms with van der Waals surface area (Å²) >= 11 is 1.73. The SMILES string of the molecule is CCNC(=NCc1ncc(CC)s1)NCCCc1cc2c(OC)cc(OC)cc2[nH]1. The number of H-pyrrole nitrogens is 1. The van der Waals surface area contributed by atoms with Crippen molar-refractivity contribution in [2.24, 2.45) is 4.99 Å². The van der Waals surface area contributed by atoms with Crippen LogP contribution in [0.4, 0.5) is 0 Å². The van der Waals surface area contributed by atoms with Gasteiger partial charge in [0.05, 0.1) is 26.3 Å². The Bertz CT molecular complexity index is 979. The number of nitrogens with one attached hydrogen (secondary N) is 3. The van der Waals surface area contributed by atoms with Gasteiger partial charge in [-0.2, -0.15) is 0 Å². The van der Waals surface area contributed by atoms with Gasteiger partial charge in [-0.15, -0.1) is 11.3 Å². The first kappa shape index (κ1) is 22.0. The fourth-order valence-corrected chi connectivity index (χ4v) is 4.00. The van der Waals surface area contributed by atoms with Gasteiger partial charge in [-0.3, -0.25) is 0 Å². The predicted molar refractivity (Wildman–Crippen MR) is 124 cm³/mol. The van der Waals surface area contributed by atoms with Gasteiger partial charge in [-0.1, -0.05) is 6.92 Å². The number of thiazole rings is 1. The van der Waals surface area contributed by atoms with E-state index in [-0.39, 0.29) is 0 Å². The quantitative estimate of drug-likeness (QED) is 0.259. The molecule has 1 aromatic carbocycles. The van der Waals surface area contributed by atoms with Crippen molar-refractivity contribution in [2.75, 3.05) is 27.3 Å². The van der Waals surface area contributed by atoms with Crippen LogP contribution in [0.25, 0.3) is 10.9 Å². The molecule has 0 aliphatic carbocycles. The van der Waals surface area contributed by atoms with Crippen LogP contribution in [0.1, 0.15) is 35.8 Å². The Morgan fingerprint density at radius 1 is 1.17 bits per heavy atom. The molecule has 3 rings (SSSR count). The van der Waals surface area contributed by atoms with Gasteiger partial charge < -0.3 is 25.1 Å². The summed E-state index contributed by atoms with van der Waals surface area (Å²) in [5.41, 5.74) is 2.20. The van der Waals surface area contributed by atoms with E-state index in [0.717, 1.165) is 65.7 Å². The number of methoxy groups -OCH3 is 2. The molecule has 0 bridgehead atoms. The summed E-state index contributed by atoms with van der Waals surface area (Å²) in [6.07, 6.45) is 4.87. The van der Waals surface area contributed by atoms with Crippen molar-refractivity contribution in [1.82, 2.24) is 20.6 Å². The van der Waals surface area contributed by atoms with E-state index in [4.69, 9.17) is 9.47 Å². The second-order valence-corrected chi connectivity index (χ2v) is 8.08. The van der Waals surface area contributed by atoms with Crippen molar-refractivity contribution < 1.29 is 9.47 Å². The molecular weight excluding hydrogens is 398 g/mol. The van der Waals surface area contributed by atoms with Crippen LogP contribution in [0.3, 0.4) is 0 Å². The highest BCUT2D eigenvalue weighted by atomic mass is 32.1. The van der Waals surface area contributed by atoms with Gasteiger partial charge in [0.25, 0.3) is 0 Å². The van der Waals surface area contributed by atoms with E-state index in [9.17, 15) is 0 Å². The number of fused-ring (bicyclic) bond motifs is 1. The van der Waals surface area contributed by atoms with E-state index in [1.165, 1.54) is 10.6 Å². The highest BCUT2D eigenvalue weighted by Gasteiger charge is 2.09. The summed E-state index contributed by atoms with van der Waals surface area (Å²) in [7, 11) is 3.35. The number of aliphatic imine (C=N–C) groups is 1. The monoisotopic (exact) mass is 429 g/mol. The van der Waals surface area contributed by atoms with Gasteiger partial charge >= 0.3 is 0 Å².